The van der Waals surface area contributed by atoms with E-state index in [1.807, 2.05) is 12.1 Å². The molecule has 0 radical (unpaired) electrons. The quantitative estimate of drug-likeness (QED) is 0.597. The van der Waals surface area contributed by atoms with Gasteiger partial charge in [0, 0.05) is 31.9 Å². The van der Waals surface area contributed by atoms with Crippen LogP contribution in [0.25, 0.3) is 0 Å². The van der Waals surface area contributed by atoms with E-state index >= 15 is 0 Å². The Morgan fingerprint density at radius 1 is 1.18 bits per heavy atom. The molecule has 5 heteroatoms. The highest BCUT2D eigenvalue weighted by Gasteiger charge is 2.17. The zero-order valence-corrected chi connectivity index (χ0v) is 13.3. The van der Waals surface area contributed by atoms with E-state index in [1.165, 1.54) is 12.1 Å². The number of anilines is 1. The summed E-state index contributed by atoms with van der Waals surface area (Å²) in [4.78, 5) is 16.1. The molecule has 1 saturated heterocycles. The minimum absolute atomic E-state index is 0.135. The van der Waals surface area contributed by atoms with Crippen molar-refractivity contribution >= 4 is 11.7 Å². The van der Waals surface area contributed by atoms with Crippen LogP contribution in [0.15, 0.2) is 24.3 Å². The molecule has 122 valence electrons. The fourth-order valence-electron chi connectivity index (χ4n) is 2.60. The van der Waals surface area contributed by atoms with Gasteiger partial charge in [0.15, 0.2) is 0 Å². The maximum atomic E-state index is 13.0. The number of nitrogens with zero attached hydrogens (tertiary/aromatic N) is 2. The zero-order valence-electron chi connectivity index (χ0n) is 13.3. The summed E-state index contributed by atoms with van der Waals surface area (Å²) in [6.07, 6.45) is 2.94. The summed E-state index contributed by atoms with van der Waals surface area (Å²) < 4.78 is 18.2. The van der Waals surface area contributed by atoms with Crippen LogP contribution in [0.5, 0.6) is 0 Å². The lowest BCUT2D eigenvalue weighted by Crippen LogP contribution is -2.35. The van der Waals surface area contributed by atoms with Crippen LogP contribution >= 0.6 is 0 Å². The standard InChI is InChI=1S/C17H25FN2O2/c1-2-3-13-22-17(21)14-19-9-4-10-20(12-11-19)16-7-5-15(18)6-8-16/h5-8H,2-4,9-14H2,1H3. The molecule has 22 heavy (non-hydrogen) atoms. The average Bonchev–Trinajstić information content (AvgIpc) is 2.74. The van der Waals surface area contributed by atoms with Crippen molar-refractivity contribution in [3.63, 3.8) is 0 Å². The first-order chi connectivity index (χ1) is 10.7. The number of rotatable bonds is 6. The first-order valence-electron chi connectivity index (χ1n) is 8.07. The molecule has 0 saturated carbocycles. The van der Waals surface area contributed by atoms with E-state index in [9.17, 15) is 9.18 Å². The molecule has 0 spiro atoms. The van der Waals surface area contributed by atoms with Crippen molar-refractivity contribution in [2.75, 3.05) is 44.2 Å². The first-order valence-corrected chi connectivity index (χ1v) is 8.07. The van der Waals surface area contributed by atoms with Crippen molar-refractivity contribution in [1.82, 2.24) is 4.90 Å². The number of hydrogen-bond donors (Lipinski definition) is 0. The summed E-state index contributed by atoms with van der Waals surface area (Å²) in [5, 5.41) is 0. The third kappa shape index (κ3) is 5.30. The third-order valence-corrected chi connectivity index (χ3v) is 3.89. The van der Waals surface area contributed by atoms with Gasteiger partial charge in [-0.3, -0.25) is 9.69 Å². The molecular weight excluding hydrogens is 283 g/mol. The maximum Gasteiger partial charge on any atom is 0.320 e. The van der Waals surface area contributed by atoms with Crippen molar-refractivity contribution in [2.24, 2.45) is 0 Å². The Balaban J connectivity index is 1.79. The molecule has 1 fully saturated rings. The molecule has 1 aliphatic heterocycles. The number of carbonyl (C=O) groups excluding carboxylic acids is 1. The highest BCUT2D eigenvalue weighted by atomic mass is 19.1. The Kier molecular flexibility index (Phi) is 6.65. The molecule has 0 bridgehead atoms. The van der Waals surface area contributed by atoms with Gasteiger partial charge in [0.1, 0.15) is 5.82 Å². The summed E-state index contributed by atoms with van der Waals surface area (Å²) in [5.74, 6) is -0.348. The Hall–Kier alpha value is -1.62. The molecule has 1 aromatic carbocycles. The normalized spacial score (nSPS) is 16.4. The molecule has 0 aliphatic carbocycles. The second-order valence-electron chi connectivity index (χ2n) is 5.67. The van der Waals surface area contributed by atoms with E-state index in [2.05, 4.69) is 16.7 Å². The number of unbranched alkanes of at least 4 members (excludes halogenated alkanes) is 1. The van der Waals surface area contributed by atoms with Crippen molar-refractivity contribution in [3.8, 4) is 0 Å². The number of benzene rings is 1. The van der Waals surface area contributed by atoms with E-state index in [1.54, 1.807) is 0 Å². The van der Waals surface area contributed by atoms with E-state index < -0.39 is 0 Å². The summed E-state index contributed by atoms with van der Waals surface area (Å²) >= 11 is 0. The van der Waals surface area contributed by atoms with Crippen LogP contribution in [0.2, 0.25) is 0 Å². The molecule has 1 aromatic rings. The lowest BCUT2D eigenvalue weighted by molar-refractivity contribution is -0.145. The molecule has 1 heterocycles. The van der Waals surface area contributed by atoms with Crippen molar-refractivity contribution in [1.29, 1.82) is 0 Å². The number of ether oxygens (including phenoxy) is 1. The van der Waals surface area contributed by atoms with E-state index in [0.717, 1.165) is 51.1 Å². The summed E-state index contributed by atoms with van der Waals surface area (Å²) in [5.41, 5.74) is 1.04. The molecule has 0 aromatic heterocycles. The van der Waals surface area contributed by atoms with Gasteiger partial charge in [0.2, 0.25) is 0 Å². The lowest BCUT2D eigenvalue weighted by atomic mass is 10.2. The largest absolute Gasteiger partial charge is 0.465 e. The van der Waals surface area contributed by atoms with Crippen LogP contribution in [-0.2, 0) is 9.53 Å². The van der Waals surface area contributed by atoms with Gasteiger partial charge >= 0.3 is 5.97 Å². The topological polar surface area (TPSA) is 32.8 Å². The molecule has 0 N–H and O–H groups in total. The van der Waals surface area contributed by atoms with Crippen LogP contribution in [0, 0.1) is 5.82 Å². The van der Waals surface area contributed by atoms with Gasteiger partial charge in [0.05, 0.1) is 13.2 Å². The molecule has 0 atom stereocenters. The Morgan fingerprint density at radius 3 is 2.68 bits per heavy atom. The summed E-state index contributed by atoms with van der Waals surface area (Å²) in [7, 11) is 0. The van der Waals surface area contributed by atoms with Crippen molar-refractivity contribution < 1.29 is 13.9 Å². The second kappa shape index (κ2) is 8.73. The molecule has 0 amide bonds. The predicted molar refractivity (Wildman–Crippen MR) is 85.5 cm³/mol. The van der Waals surface area contributed by atoms with Crippen LogP contribution in [0.3, 0.4) is 0 Å². The SMILES string of the molecule is CCCCOC(=O)CN1CCCN(c2ccc(F)cc2)CC1. The molecular formula is C17H25FN2O2. The zero-order chi connectivity index (χ0) is 15.8. The Labute approximate surface area is 131 Å². The molecule has 4 nitrogen and oxygen atoms in total. The molecule has 1 aliphatic rings. The van der Waals surface area contributed by atoms with Crippen LogP contribution < -0.4 is 4.90 Å². The van der Waals surface area contributed by atoms with Crippen LogP contribution in [0.1, 0.15) is 26.2 Å². The fraction of sp³-hybridized carbons (Fsp3) is 0.588. The highest BCUT2D eigenvalue weighted by molar-refractivity contribution is 5.71. The van der Waals surface area contributed by atoms with Gasteiger partial charge in [-0.15, -0.1) is 0 Å². The van der Waals surface area contributed by atoms with Crippen molar-refractivity contribution in [3.05, 3.63) is 30.1 Å². The van der Waals surface area contributed by atoms with E-state index in [0.29, 0.717) is 13.2 Å². The van der Waals surface area contributed by atoms with Crippen molar-refractivity contribution in [2.45, 2.75) is 26.2 Å². The monoisotopic (exact) mass is 308 g/mol. The van der Waals surface area contributed by atoms with Gasteiger partial charge in [-0.1, -0.05) is 13.3 Å². The van der Waals surface area contributed by atoms with E-state index in [-0.39, 0.29) is 11.8 Å². The summed E-state index contributed by atoms with van der Waals surface area (Å²) in [6, 6.07) is 6.60. The van der Waals surface area contributed by atoms with Crippen LogP contribution in [0.4, 0.5) is 10.1 Å². The Bertz CT molecular complexity index is 464. The minimum Gasteiger partial charge on any atom is -0.465 e. The van der Waals surface area contributed by atoms with Gasteiger partial charge in [-0.05, 0) is 37.1 Å². The van der Waals surface area contributed by atoms with Gasteiger partial charge in [-0.2, -0.15) is 0 Å². The molecule has 2 rings (SSSR count). The lowest BCUT2D eigenvalue weighted by Gasteiger charge is -2.23. The number of hydrogen-bond acceptors (Lipinski definition) is 4. The average molecular weight is 308 g/mol. The van der Waals surface area contributed by atoms with Gasteiger partial charge in [0.25, 0.3) is 0 Å². The van der Waals surface area contributed by atoms with E-state index in [4.69, 9.17) is 4.74 Å². The third-order valence-electron chi connectivity index (χ3n) is 3.89. The number of carbonyl (C=O) groups is 1. The second-order valence-corrected chi connectivity index (χ2v) is 5.67. The number of esters is 1. The van der Waals surface area contributed by atoms with Gasteiger partial charge in [-0.25, -0.2) is 4.39 Å². The smallest absolute Gasteiger partial charge is 0.320 e. The predicted octanol–water partition coefficient (Wildman–Crippen LogP) is 2.68. The minimum atomic E-state index is -0.213. The Morgan fingerprint density at radius 2 is 1.95 bits per heavy atom. The highest BCUT2D eigenvalue weighted by Crippen LogP contribution is 2.17. The first kappa shape index (κ1) is 16.7. The summed E-state index contributed by atoms with van der Waals surface area (Å²) in [6.45, 7) is 6.43. The molecule has 0 unspecified atom stereocenters. The van der Waals surface area contributed by atoms with Gasteiger partial charge < -0.3 is 9.64 Å². The maximum absolute atomic E-state index is 13.0. The number of halogens is 1. The van der Waals surface area contributed by atoms with Crippen LogP contribution in [-0.4, -0.2) is 50.2 Å². The fourth-order valence-corrected chi connectivity index (χ4v) is 2.60.